The zero-order chi connectivity index (χ0) is 15.4. The maximum Gasteiger partial charge on any atom is 0.303 e. The van der Waals surface area contributed by atoms with E-state index in [-0.39, 0.29) is 12.5 Å². The fourth-order valence-electron chi connectivity index (χ4n) is 2.65. The van der Waals surface area contributed by atoms with E-state index in [1.165, 1.54) is 0 Å². The summed E-state index contributed by atoms with van der Waals surface area (Å²) < 4.78 is 5.78. The standard InChI is InChI=1S/C15H23N3O3/c1-4-18-7-8-21-13(9-18)15-16-10(2)12(11(3)17-15)5-6-14(19)20/h13H,4-9H2,1-3H3,(H,19,20). The Morgan fingerprint density at radius 1 is 1.38 bits per heavy atom. The van der Waals surface area contributed by atoms with Gasteiger partial charge in [-0.15, -0.1) is 0 Å². The van der Waals surface area contributed by atoms with Gasteiger partial charge in [0.05, 0.1) is 6.61 Å². The van der Waals surface area contributed by atoms with Crippen LogP contribution < -0.4 is 0 Å². The molecular weight excluding hydrogens is 270 g/mol. The van der Waals surface area contributed by atoms with Crippen LogP contribution in [0.1, 0.15) is 42.2 Å². The fraction of sp³-hybridized carbons (Fsp3) is 0.667. The Bertz CT molecular complexity index is 496. The lowest BCUT2D eigenvalue weighted by molar-refractivity contribution is -0.136. The number of carboxylic acids is 1. The van der Waals surface area contributed by atoms with Gasteiger partial charge < -0.3 is 9.84 Å². The van der Waals surface area contributed by atoms with Crippen LogP contribution in [0, 0.1) is 13.8 Å². The summed E-state index contributed by atoms with van der Waals surface area (Å²) in [5.74, 6) is -0.0886. The molecule has 0 spiro atoms. The molecule has 0 aliphatic carbocycles. The van der Waals surface area contributed by atoms with Gasteiger partial charge in [-0.2, -0.15) is 0 Å². The van der Waals surface area contributed by atoms with Crippen molar-refractivity contribution in [2.75, 3.05) is 26.2 Å². The van der Waals surface area contributed by atoms with Gasteiger partial charge in [-0.05, 0) is 32.4 Å². The maximum atomic E-state index is 10.7. The molecule has 1 aliphatic heterocycles. The molecule has 1 unspecified atom stereocenters. The molecule has 116 valence electrons. The van der Waals surface area contributed by atoms with Crippen LogP contribution in [-0.4, -0.2) is 52.2 Å². The highest BCUT2D eigenvalue weighted by Crippen LogP contribution is 2.22. The van der Waals surface area contributed by atoms with E-state index in [1.54, 1.807) is 0 Å². The molecule has 1 aromatic heterocycles. The summed E-state index contributed by atoms with van der Waals surface area (Å²) in [6.45, 7) is 9.40. The molecule has 0 aromatic carbocycles. The van der Waals surface area contributed by atoms with Gasteiger partial charge in [0.15, 0.2) is 5.82 Å². The summed E-state index contributed by atoms with van der Waals surface area (Å²) in [5.41, 5.74) is 2.65. The number of aromatic nitrogens is 2. The van der Waals surface area contributed by atoms with E-state index in [9.17, 15) is 4.79 Å². The number of likely N-dealkylation sites (N-methyl/N-ethyl adjacent to an activating group) is 1. The Kier molecular flexibility index (Phi) is 5.25. The van der Waals surface area contributed by atoms with Crippen LogP contribution >= 0.6 is 0 Å². The number of morpholine rings is 1. The van der Waals surface area contributed by atoms with E-state index < -0.39 is 5.97 Å². The van der Waals surface area contributed by atoms with Crippen molar-refractivity contribution in [3.63, 3.8) is 0 Å². The van der Waals surface area contributed by atoms with Crippen LogP contribution in [0.3, 0.4) is 0 Å². The third-order valence-corrected chi connectivity index (χ3v) is 3.91. The number of aliphatic carboxylic acids is 1. The predicted octanol–water partition coefficient (Wildman–Crippen LogP) is 1.50. The van der Waals surface area contributed by atoms with Crippen molar-refractivity contribution < 1.29 is 14.6 Å². The van der Waals surface area contributed by atoms with E-state index in [2.05, 4.69) is 21.8 Å². The highest BCUT2D eigenvalue weighted by atomic mass is 16.5. The normalized spacial score (nSPS) is 19.7. The van der Waals surface area contributed by atoms with E-state index in [4.69, 9.17) is 9.84 Å². The lowest BCUT2D eigenvalue weighted by atomic mass is 10.1. The SMILES string of the molecule is CCN1CCOC(c2nc(C)c(CCC(=O)O)c(C)n2)C1. The first-order valence-electron chi connectivity index (χ1n) is 7.41. The molecule has 0 radical (unpaired) electrons. The van der Waals surface area contributed by atoms with Crippen molar-refractivity contribution in [2.45, 2.75) is 39.7 Å². The highest BCUT2D eigenvalue weighted by molar-refractivity contribution is 5.67. The van der Waals surface area contributed by atoms with Crippen molar-refractivity contribution in [1.29, 1.82) is 0 Å². The summed E-state index contributed by atoms with van der Waals surface area (Å²) in [4.78, 5) is 22.1. The van der Waals surface area contributed by atoms with E-state index >= 15 is 0 Å². The molecule has 6 nitrogen and oxygen atoms in total. The van der Waals surface area contributed by atoms with Gasteiger partial charge in [-0.3, -0.25) is 9.69 Å². The van der Waals surface area contributed by atoms with E-state index in [0.717, 1.165) is 36.6 Å². The Hall–Kier alpha value is -1.53. The number of carboxylic acid groups (broad SMARTS) is 1. The quantitative estimate of drug-likeness (QED) is 0.886. The van der Waals surface area contributed by atoms with Crippen molar-refractivity contribution >= 4 is 5.97 Å². The molecule has 0 saturated carbocycles. The van der Waals surface area contributed by atoms with Crippen LogP contribution in [0.25, 0.3) is 0 Å². The van der Waals surface area contributed by atoms with Crippen molar-refractivity contribution in [3.8, 4) is 0 Å². The summed E-state index contributed by atoms with van der Waals surface area (Å²) in [7, 11) is 0. The van der Waals surface area contributed by atoms with Gasteiger partial charge in [0.2, 0.25) is 0 Å². The van der Waals surface area contributed by atoms with Crippen molar-refractivity contribution in [3.05, 3.63) is 22.8 Å². The molecule has 1 aliphatic rings. The van der Waals surface area contributed by atoms with Crippen LogP contribution in [0.2, 0.25) is 0 Å². The molecule has 2 rings (SSSR count). The van der Waals surface area contributed by atoms with Gasteiger partial charge in [0, 0.05) is 30.9 Å². The van der Waals surface area contributed by atoms with Crippen molar-refractivity contribution in [1.82, 2.24) is 14.9 Å². The Balaban J connectivity index is 2.16. The van der Waals surface area contributed by atoms with Crippen molar-refractivity contribution in [2.24, 2.45) is 0 Å². The summed E-state index contributed by atoms with van der Waals surface area (Å²) in [6.07, 6.45) is 0.484. The second kappa shape index (κ2) is 6.95. The first-order valence-corrected chi connectivity index (χ1v) is 7.41. The lowest BCUT2D eigenvalue weighted by Gasteiger charge is -2.31. The van der Waals surface area contributed by atoms with E-state index in [1.807, 2.05) is 13.8 Å². The van der Waals surface area contributed by atoms with Gasteiger partial charge in [-0.1, -0.05) is 6.92 Å². The molecule has 0 amide bonds. The second-order valence-electron chi connectivity index (χ2n) is 5.38. The smallest absolute Gasteiger partial charge is 0.303 e. The summed E-state index contributed by atoms with van der Waals surface area (Å²) in [5, 5.41) is 8.80. The Morgan fingerprint density at radius 3 is 2.62 bits per heavy atom. The topological polar surface area (TPSA) is 75.5 Å². The minimum atomic E-state index is -0.799. The number of rotatable bonds is 5. The number of hydrogen-bond donors (Lipinski definition) is 1. The first kappa shape index (κ1) is 15.9. The number of carbonyl (C=O) groups is 1. The molecule has 2 heterocycles. The monoisotopic (exact) mass is 293 g/mol. The molecule has 21 heavy (non-hydrogen) atoms. The Labute approximate surface area is 125 Å². The lowest BCUT2D eigenvalue weighted by Crippen LogP contribution is -2.38. The fourth-order valence-corrected chi connectivity index (χ4v) is 2.65. The van der Waals surface area contributed by atoms with Gasteiger partial charge >= 0.3 is 5.97 Å². The number of nitrogens with zero attached hydrogens (tertiary/aromatic N) is 3. The molecule has 6 heteroatoms. The van der Waals surface area contributed by atoms with Gasteiger partial charge in [0.25, 0.3) is 0 Å². The summed E-state index contributed by atoms with van der Waals surface area (Å²) in [6, 6.07) is 0. The largest absolute Gasteiger partial charge is 0.481 e. The van der Waals surface area contributed by atoms with Crippen LogP contribution in [0.5, 0.6) is 0 Å². The molecule has 1 atom stereocenters. The van der Waals surface area contributed by atoms with Gasteiger partial charge in [0.1, 0.15) is 6.10 Å². The predicted molar refractivity (Wildman–Crippen MR) is 78.3 cm³/mol. The molecule has 1 aromatic rings. The van der Waals surface area contributed by atoms with Crippen LogP contribution in [0.15, 0.2) is 0 Å². The average molecular weight is 293 g/mol. The zero-order valence-electron chi connectivity index (χ0n) is 12.9. The average Bonchev–Trinajstić information content (AvgIpc) is 2.46. The molecule has 1 N–H and O–H groups in total. The van der Waals surface area contributed by atoms with E-state index in [0.29, 0.717) is 18.9 Å². The number of hydrogen-bond acceptors (Lipinski definition) is 5. The molecule has 1 fully saturated rings. The molecular formula is C15H23N3O3. The molecule has 0 bridgehead atoms. The van der Waals surface area contributed by atoms with Gasteiger partial charge in [-0.25, -0.2) is 9.97 Å². The number of aryl methyl sites for hydroxylation is 2. The second-order valence-corrected chi connectivity index (χ2v) is 5.38. The first-order chi connectivity index (χ1) is 10.0. The summed E-state index contributed by atoms with van der Waals surface area (Å²) >= 11 is 0. The third-order valence-electron chi connectivity index (χ3n) is 3.91. The maximum absolute atomic E-state index is 10.7. The minimum absolute atomic E-state index is 0.0929. The van der Waals surface area contributed by atoms with Crippen LogP contribution in [-0.2, 0) is 16.0 Å². The minimum Gasteiger partial charge on any atom is -0.481 e. The molecule has 1 saturated heterocycles. The number of ether oxygens (including phenoxy) is 1. The highest BCUT2D eigenvalue weighted by Gasteiger charge is 2.24. The third kappa shape index (κ3) is 3.98. The Morgan fingerprint density at radius 2 is 2.05 bits per heavy atom. The zero-order valence-corrected chi connectivity index (χ0v) is 12.9. The van der Waals surface area contributed by atoms with Crippen LogP contribution in [0.4, 0.5) is 0 Å².